The number of hydrogen-bond donors (Lipinski definition) is 2. The van der Waals surface area contributed by atoms with Crippen LogP contribution in [0.25, 0.3) is 0 Å². The maximum atomic E-state index is 11.9. The average Bonchev–Trinajstić information content (AvgIpc) is 2.87. The van der Waals surface area contributed by atoms with E-state index in [0.29, 0.717) is 30.0 Å². The van der Waals surface area contributed by atoms with Gasteiger partial charge in [0.25, 0.3) is 0 Å². The van der Waals surface area contributed by atoms with Crippen molar-refractivity contribution in [3.05, 3.63) is 0 Å². The fourth-order valence-corrected chi connectivity index (χ4v) is 3.08. The van der Waals surface area contributed by atoms with Gasteiger partial charge in [0.05, 0.1) is 12.3 Å². The van der Waals surface area contributed by atoms with Gasteiger partial charge in [0.1, 0.15) is 0 Å². The minimum absolute atomic E-state index is 0.0526. The highest BCUT2D eigenvalue weighted by molar-refractivity contribution is 7.99. The van der Waals surface area contributed by atoms with Crippen molar-refractivity contribution in [3.63, 3.8) is 0 Å². The van der Waals surface area contributed by atoms with Gasteiger partial charge in [-0.05, 0) is 42.0 Å². The first kappa shape index (κ1) is 15.2. The largest absolute Gasteiger partial charge is 0.353 e. The standard InChI is InChI=1S/C12H22N6OS/c1-9-2-4-10(5-3-9)14-11(19)8-20-12-15-16-17-18(12)7-6-13/h9-10H,2-8,13H2,1H3,(H,14,19). The molecule has 7 nitrogen and oxygen atoms in total. The quantitative estimate of drug-likeness (QED) is 0.738. The van der Waals surface area contributed by atoms with Gasteiger partial charge >= 0.3 is 0 Å². The van der Waals surface area contributed by atoms with Crippen molar-refractivity contribution >= 4 is 17.7 Å². The molecule has 3 N–H and O–H groups in total. The van der Waals surface area contributed by atoms with E-state index >= 15 is 0 Å². The Morgan fingerprint density at radius 1 is 1.45 bits per heavy atom. The minimum atomic E-state index is 0.0526. The number of tetrazole rings is 1. The lowest BCUT2D eigenvalue weighted by atomic mass is 9.87. The molecule has 1 aliphatic rings. The molecule has 2 rings (SSSR count). The Morgan fingerprint density at radius 3 is 2.90 bits per heavy atom. The summed E-state index contributed by atoms with van der Waals surface area (Å²) in [5, 5.41) is 15.1. The molecule has 1 amide bonds. The van der Waals surface area contributed by atoms with E-state index in [1.807, 2.05) is 0 Å². The fourth-order valence-electron chi connectivity index (χ4n) is 2.37. The summed E-state index contributed by atoms with van der Waals surface area (Å²) in [5.74, 6) is 1.19. The molecular weight excluding hydrogens is 276 g/mol. The van der Waals surface area contributed by atoms with Crippen molar-refractivity contribution in [2.24, 2.45) is 11.7 Å². The number of hydrogen-bond acceptors (Lipinski definition) is 6. The average molecular weight is 298 g/mol. The summed E-state index contributed by atoms with van der Waals surface area (Å²) < 4.78 is 1.63. The van der Waals surface area contributed by atoms with Crippen LogP contribution in [0, 0.1) is 5.92 Å². The van der Waals surface area contributed by atoms with E-state index in [1.54, 1.807) is 4.68 Å². The van der Waals surface area contributed by atoms with Gasteiger partial charge in [-0.25, -0.2) is 4.68 Å². The van der Waals surface area contributed by atoms with Gasteiger partial charge in [-0.15, -0.1) is 5.10 Å². The predicted molar refractivity (Wildman–Crippen MR) is 77.2 cm³/mol. The molecule has 0 bridgehead atoms. The summed E-state index contributed by atoms with van der Waals surface area (Å²) in [6, 6.07) is 0.333. The van der Waals surface area contributed by atoms with E-state index in [9.17, 15) is 4.79 Å². The van der Waals surface area contributed by atoms with E-state index in [-0.39, 0.29) is 5.91 Å². The first-order chi connectivity index (χ1) is 9.69. The number of nitrogens with one attached hydrogen (secondary N) is 1. The summed E-state index contributed by atoms with van der Waals surface area (Å²) in [5.41, 5.74) is 5.47. The Labute approximate surface area is 123 Å². The molecule has 1 saturated carbocycles. The Kier molecular flexibility index (Phi) is 5.78. The lowest BCUT2D eigenvalue weighted by molar-refractivity contribution is -0.119. The molecule has 0 spiro atoms. The Balaban J connectivity index is 1.73. The molecule has 0 aliphatic heterocycles. The highest BCUT2D eigenvalue weighted by Crippen LogP contribution is 2.23. The first-order valence-corrected chi connectivity index (χ1v) is 8.06. The monoisotopic (exact) mass is 298 g/mol. The van der Waals surface area contributed by atoms with Gasteiger partial charge in [-0.3, -0.25) is 4.79 Å². The van der Waals surface area contributed by atoms with Gasteiger partial charge in [0.15, 0.2) is 0 Å². The van der Waals surface area contributed by atoms with Crippen LogP contribution < -0.4 is 11.1 Å². The van der Waals surface area contributed by atoms with Gasteiger partial charge in [0, 0.05) is 12.6 Å². The van der Waals surface area contributed by atoms with Crippen LogP contribution in [0.1, 0.15) is 32.6 Å². The topological polar surface area (TPSA) is 98.7 Å². The predicted octanol–water partition coefficient (Wildman–Crippen LogP) is 0.419. The van der Waals surface area contributed by atoms with Gasteiger partial charge in [-0.2, -0.15) is 0 Å². The third kappa shape index (κ3) is 4.45. The second-order valence-corrected chi connectivity index (χ2v) is 6.23. The highest BCUT2D eigenvalue weighted by Gasteiger charge is 2.20. The number of amides is 1. The van der Waals surface area contributed by atoms with Crippen LogP contribution in [-0.2, 0) is 11.3 Å². The van der Waals surface area contributed by atoms with Crippen LogP contribution in [0.3, 0.4) is 0 Å². The van der Waals surface area contributed by atoms with Gasteiger partial charge < -0.3 is 11.1 Å². The molecule has 1 aliphatic carbocycles. The SMILES string of the molecule is CC1CCC(NC(=O)CSc2nnnn2CCN)CC1. The molecule has 1 aromatic rings. The molecule has 1 fully saturated rings. The molecule has 0 radical (unpaired) electrons. The molecular formula is C12H22N6OS. The molecule has 0 atom stereocenters. The zero-order valence-electron chi connectivity index (χ0n) is 11.8. The van der Waals surface area contributed by atoms with Gasteiger partial charge in [0.2, 0.25) is 11.1 Å². The number of nitrogens with two attached hydrogens (primary N) is 1. The maximum absolute atomic E-state index is 11.9. The molecule has 20 heavy (non-hydrogen) atoms. The number of thioether (sulfide) groups is 1. The molecule has 1 aromatic heterocycles. The normalized spacial score (nSPS) is 22.7. The molecule has 8 heteroatoms. The number of carbonyl (C=O) groups excluding carboxylic acids is 1. The van der Waals surface area contributed by atoms with Crippen molar-refractivity contribution in [1.29, 1.82) is 0 Å². The van der Waals surface area contributed by atoms with Gasteiger partial charge in [-0.1, -0.05) is 18.7 Å². The third-order valence-electron chi connectivity index (χ3n) is 3.55. The second kappa shape index (κ2) is 7.58. The van der Waals surface area contributed by atoms with Crippen LogP contribution in [0.4, 0.5) is 0 Å². The number of nitrogens with zero attached hydrogens (tertiary/aromatic N) is 4. The van der Waals surface area contributed by atoms with Crippen LogP contribution in [-0.4, -0.2) is 44.5 Å². The number of aromatic nitrogens is 4. The Morgan fingerprint density at radius 2 is 2.20 bits per heavy atom. The van der Waals surface area contributed by atoms with Crippen LogP contribution in [0.15, 0.2) is 5.16 Å². The van der Waals surface area contributed by atoms with Crippen molar-refractivity contribution in [2.75, 3.05) is 12.3 Å². The van der Waals surface area contributed by atoms with Crippen molar-refractivity contribution in [2.45, 2.75) is 50.4 Å². The fraction of sp³-hybridized carbons (Fsp3) is 0.833. The molecule has 1 heterocycles. The summed E-state index contributed by atoms with van der Waals surface area (Å²) in [6.45, 7) is 3.31. The zero-order valence-corrected chi connectivity index (χ0v) is 12.6. The van der Waals surface area contributed by atoms with Crippen LogP contribution in [0.2, 0.25) is 0 Å². The zero-order chi connectivity index (χ0) is 14.4. The third-order valence-corrected chi connectivity index (χ3v) is 4.51. The smallest absolute Gasteiger partial charge is 0.230 e. The second-order valence-electron chi connectivity index (χ2n) is 5.29. The van der Waals surface area contributed by atoms with Crippen LogP contribution in [0.5, 0.6) is 0 Å². The Bertz CT molecular complexity index is 429. The first-order valence-electron chi connectivity index (χ1n) is 7.07. The summed E-state index contributed by atoms with van der Waals surface area (Å²) in [7, 11) is 0. The van der Waals surface area contributed by atoms with Crippen LogP contribution >= 0.6 is 11.8 Å². The summed E-state index contributed by atoms with van der Waals surface area (Å²) >= 11 is 1.35. The molecule has 112 valence electrons. The molecule has 0 saturated heterocycles. The molecule has 0 unspecified atom stereocenters. The van der Waals surface area contributed by atoms with Crippen molar-refractivity contribution in [3.8, 4) is 0 Å². The number of carbonyl (C=O) groups is 1. The Hall–Kier alpha value is -1.15. The maximum Gasteiger partial charge on any atom is 0.230 e. The summed E-state index contributed by atoms with van der Waals surface area (Å²) in [4.78, 5) is 11.9. The van der Waals surface area contributed by atoms with E-state index in [0.717, 1.165) is 18.8 Å². The molecule has 0 aromatic carbocycles. The van der Waals surface area contributed by atoms with Crippen molar-refractivity contribution < 1.29 is 4.79 Å². The summed E-state index contributed by atoms with van der Waals surface area (Å²) in [6.07, 6.45) is 4.57. The van der Waals surface area contributed by atoms with E-state index < -0.39 is 0 Å². The lowest BCUT2D eigenvalue weighted by Gasteiger charge is -2.26. The minimum Gasteiger partial charge on any atom is -0.353 e. The van der Waals surface area contributed by atoms with E-state index in [4.69, 9.17) is 5.73 Å². The number of rotatable bonds is 6. The van der Waals surface area contributed by atoms with Crippen molar-refractivity contribution in [1.82, 2.24) is 25.5 Å². The van der Waals surface area contributed by atoms with E-state index in [2.05, 4.69) is 27.8 Å². The van der Waals surface area contributed by atoms with E-state index in [1.165, 1.54) is 24.6 Å². The highest BCUT2D eigenvalue weighted by atomic mass is 32.2. The lowest BCUT2D eigenvalue weighted by Crippen LogP contribution is -2.38.